The zero-order valence-electron chi connectivity index (χ0n) is 14.2. The van der Waals surface area contributed by atoms with Crippen LogP contribution in [0.15, 0.2) is 30.5 Å². The van der Waals surface area contributed by atoms with Crippen LogP contribution in [-0.2, 0) is 13.1 Å². The highest BCUT2D eigenvalue weighted by atomic mass is 15.0. The molecule has 2 nitrogen and oxygen atoms in total. The van der Waals surface area contributed by atoms with Crippen molar-refractivity contribution in [1.82, 2.24) is 9.88 Å². The van der Waals surface area contributed by atoms with E-state index >= 15 is 0 Å². The predicted octanol–water partition coefficient (Wildman–Crippen LogP) is 4.82. The molecule has 1 aromatic heterocycles. The number of nitrogens with one attached hydrogen (secondary N) is 1. The summed E-state index contributed by atoms with van der Waals surface area (Å²) in [7, 11) is 0. The van der Waals surface area contributed by atoms with E-state index in [1.54, 1.807) is 0 Å². The Bertz CT molecular complexity index is 573. The lowest BCUT2D eigenvalue weighted by Crippen LogP contribution is -2.18. The molecule has 0 fully saturated rings. The van der Waals surface area contributed by atoms with Crippen LogP contribution in [0.3, 0.4) is 0 Å². The third-order valence-corrected chi connectivity index (χ3v) is 3.84. The quantitative estimate of drug-likeness (QED) is 0.805. The van der Waals surface area contributed by atoms with Gasteiger partial charge in [0.1, 0.15) is 0 Å². The van der Waals surface area contributed by atoms with Gasteiger partial charge in [0.25, 0.3) is 0 Å². The second-order valence-electron chi connectivity index (χ2n) is 7.70. The zero-order chi connectivity index (χ0) is 15.5. The van der Waals surface area contributed by atoms with E-state index in [1.165, 1.54) is 22.9 Å². The number of benzene rings is 1. The lowest BCUT2D eigenvalue weighted by atomic mass is 9.92. The van der Waals surface area contributed by atoms with Crippen molar-refractivity contribution in [3.05, 3.63) is 36.0 Å². The molecule has 0 unspecified atom stereocenters. The standard InChI is InChI=1S/C19H30N2/c1-15(2)12-20-13-16-14-21(11-10-19(3,4)5)18-9-7-6-8-17(16)18/h6-9,14-15,20H,10-13H2,1-5H3. The van der Waals surface area contributed by atoms with E-state index in [0.29, 0.717) is 11.3 Å². The smallest absolute Gasteiger partial charge is 0.0483 e. The maximum atomic E-state index is 3.57. The van der Waals surface area contributed by atoms with E-state index in [-0.39, 0.29) is 0 Å². The molecule has 2 aromatic rings. The van der Waals surface area contributed by atoms with Gasteiger partial charge in [0.2, 0.25) is 0 Å². The SMILES string of the molecule is CC(C)CNCc1cn(CCC(C)(C)C)c2ccccc12. The molecule has 1 heterocycles. The van der Waals surface area contributed by atoms with Gasteiger partial charge in [-0.2, -0.15) is 0 Å². The molecule has 21 heavy (non-hydrogen) atoms. The van der Waals surface area contributed by atoms with Crippen molar-refractivity contribution in [2.45, 2.75) is 54.1 Å². The monoisotopic (exact) mass is 286 g/mol. The maximum Gasteiger partial charge on any atom is 0.0483 e. The third kappa shape index (κ3) is 4.60. The average molecular weight is 286 g/mol. The first-order valence-corrected chi connectivity index (χ1v) is 8.14. The van der Waals surface area contributed by atoms with Crippen LogP contribution in [0.1, 0.15) is 46.6 Å². The average Bonchev–Trinajstić information content (AvgIpc) is 2.74. The number of para-hydroxylation sites is 1. The van der Waals surface area contributed by atoms with Crippen molar-refractivity contribution in [1.29, 1.82) is 0 Å². The summed E-state index contributed by atoms with van der Waals surface area (Å²) in [6.45, 7) is 14.5. The minimum Gasteiger partial charge on any atom is -0.347 e. The molecule has 0 radical (unpaired) electrons. The highest BCUT2D eigenvalue weighted by molar-refractivity contribution is 5.83. The Morgan fingerprint density at radius 2 is 1.86 bits per heavy atom. The predicted molar refractivity (Wildman–Crippen MR) is 92.6 cm³/mol. The Kier molecular flexibility index (Phi) is 5.10. The van der Waals surface area contributed by atoms with Gasteiger partial charge in [-0.1, -0.05) is 52.8 Å². The number of hydrogen-bond acceptors (Lipinski definition) is 1. The van der Waals surface area contributed by atoms with Crippen molar-refractivity contribution in [3.63, 3.8) is 0 Å². The number of nitrogens with zero attached hydrogens (tertiary/aromatic N) is 1. The fourth-order valence-electron chi connectivity index (χ4n) is 2.60. The first kappa shape index (κ1) is 16.1. The second-order valence-corrected chi connectivity index (χ2v) is 7.70. The lowest BCUT2D eigenvalue weighted by molar-refractivity contribution is 0.353. The molecule has 0 atom stereocenters. The summed E-state index contributed by atoms with van der Waals surface area (Å²) in [6, 6.07) is 8.77. The van der Waals surface area contributed by atoms with Gasteiger partial charge in [0, 0.05) is 30.2 Å². The molecular formula is C19H30N2. The van der Waals surface area contributed by atoms with Crippen LogP contribution in [0.4, 0.5) is 0 Å². The minimum atomic E-state index is 0.376. The van der Waals surface area contributed by atoms with Gasteiger partial charge in [-0.3, -0.25) is 0 Å². The van der Waals surface area contributed by atoms with Crippen LogP contribution in [0.2, 0.25) is 0 Å². The van der Waals surface area contributed by atoms with E-state index in [2.05, 4.69) is 75.0 Å². The molecule has 0 aliphatic carbocycles. The molecular weight excluding hydrogens is 256 g/mol. The van der Waals surface area contributed by atoms with Gasteiger partial charge in [0.05, 0.1) is 0 Å². The molecule has 116 valence electrons. The fourth-order valence-corrected chi connectivity index (χ4v) is 2.60. The number of aryl methyl sites for hydroxylation is 1. The molecule has 0 saturated carbocycles. The van der Waals surface area contributed by atoms with E-state index in [4.69, 9.17) is 0 Å². The highest BCUT2D eigenvalue weighted by Gasteiger charge is 2.13. The minimum absolute atomic E-state index is 0.376. The van der Waals surface area contributed by atoms with Gasteiger partial charge in [-0.05, 0) is 35.9 Å². The summed E-state index contributed by atoms with van der Waals surface area (Å²) < 4.78 is 2.42. The Labute approximate surface area is 129 Å². The molecule has 1 aromatic carbocycles. The number of hydrogen-bond donors (Lipinski definition) is 1. The normalized spacial score (nSPS) is 12.5. The molecule has 0 saturated heterocycles. The van der Waals surface area contributed by atoms with Gasteiger partial charge < -0.3 is 9.88 Å². The molecule has 2 heteroatoms. The van der Waals surface area contributed by atoms with Crippen molar-refractivity contribution >= 4 is 10.9 Å². The molecule has 0 spiro atoms. The molecule has 2 rings (SSSR count). The van der Waals surface area contributed by atoms with Gasteiger partial charge in [-0.25, -0.2) is 0 Å². The number of fused-ring (bicyclic) bond motifs is 1. The first-order chi connectivity index (χ1) is 9.87. The van der Waals surface area contributed by atoms with Gasteiger partial charge in [-0.15, -0.1) is 0 Å². The summed E-state index contributed by atoms with van der Waals surface area (Å²) in [5, 5.41) is 4.96. The van der Waals surface area contributed by atoms with Crippen molar-refractivity contribution in [2.24, 2.45) is 11.3 Å². The zero-order valence-corrected chi connectivity index (χ0v) is 14.2. The molecule has 1 N–H and O–H groups in total. The summed E-state index contributed by atoms with van der Waals surface area (Å²) in [5.41, 5.74) is 3.16. The van der Waals surface area contributed by atoms with Crippen LogP contribution in [0.25, 0.3) is 10.9 Å². The van der Waals surface area contributed by atoms with Gasteiger partial charge in [0.15, 0.2) is 0 Å². The highest BCUT2D eigenvalue weighted by Crippen LogP contribution is 2.25. The van der Waals surface area contributed by atoms with E-state index in [9.17, 15) is 0 Å². The molecule has 0 bridgehead atoms. The van der Waals surface area contributed by atoms with Gasteiger partial charge >= 0.3 is 0 Å². The first-order valence-electron chi connectivity index (χ1n) is 8.14. The van der Waals surface area contributed by atoms with E-state index in [1.807, 2.05) is 0 Å². The summed E-state index contributed by atoms with van der Waals surface area (Å²) in [4.78, 5) is 0. The molecule has 0 aliphatic rings. The summed E-state index contributed by atoms with van der Waals surface area (Å²) >= 11 is 0. The molecule has 0 amide bonds. The van der Waals surface area contributed by atoms with Crippen LogP contribution in [0.5, 0.6) is 0 Å². The topological polar surface area (TPSA) is 17.0 Å². The summed E-state index contributed by atoms with van der Waals surface area (Å²) in [6.07, 6.45) is 3.54. The Morgan fingerprint density at radius 3 is 2.52 bits per heavy atom. The largest absolute Gasteiger partial charge is 0.347 e. The van der Waals surface area contributed by atoms with Crippen molar-refractivity contribution < 1.29 is 0 Å². The fraction of sp³-hybridized carbons (Fsp3) is 0.579. The Morgan fingerprint density at radius 1 is 1.14 bits per heavy atom. The Balaban J connectivity index is 2.18. The van der Waals surface area contributed by atoms with E-state index < -0.39 is 0 Å². The maximum absolute atomic E-state index is 3.57. The second kappa shape index (κ2) is 6.65. The number of aromatic nitrogens is 1. The van der Waals surface area contributed by atoms with Crippen LogP contribution in [0, 0.1) is 11.3 Å². The van der Waals surface area contributed by atoms with Crippen LogP contribution >= 0.6 is 0 Å². The Hall–Kier alpha value is -1.28. The van der Waals surface area contributed by atoms with E-state index in [0.717, 1.165) is 19.6 Å². The lowest BCUT2D eigenvalue weighted by Gasteiger charge is -2.18. The third-order valence-electron chi connectivity index (χ3n) is 3.84. The van der Waals surface area contributed by atoms with Crippen LogP contribution in [-0.4, -0.2) is 11.1 Å². The van der Waals surface area contributed by atoms with Crippen molar-refractivity contribution in [3.8, 4) is 0 Å². The van der Waals surface area contributed by atoms with Crippen molar-refractivity contribution in [2.75, 3.05) is 6.54 Å². The number of rotatable bonds is 6. The molecule has 0 aliphatic heterocycles. The van der Waals surface area contributed by atoms with Crippen LogP contribution < -0.4 is 5.32 Å². The summed E-state index contributed by atoms with van der Waals surface area (Å²) in [5.74, 6) is 0.694.